The molecule has 1 aliphatic heterocycles. The van der Waals surface area contributed by atoms with Gasteiger partial charge in [0.2, 0.25) is 5.91 Å². The first kappa shape index (κ1) is 12.0. The number of para-hydroxylation sites is 2. The maximum atomic E-state index is 12.3. The molecule has 17 heavy (non-hydrogen) atoms. The van der Waals surface area contributed by atoms with Crippen molar-refractivity contribution in [2.24, 2.45) is 0 Å². The van der Waals surface area contributed by atoms with Crippen LogP contribution in [0.15, 0.2) is 24.3 Å². The van der Waals surface area contributed by atoms with Crippen molar-refractivity contribution in [1.82, 2.24) is 0 Å². The number of hydrogen-bond acceptors (Lipinski definition) is 2. The Kier molecular flexibility index (Phi) is 3.09. The van der Waals surface area contributed by atoms with Gasteiger partial charge in [0.15, 0.2) is 0 Å². The molecule has 0 bridgehead atoms. The molecule has 0 atom stereocenters. The Morgan fingerprint density at radius 2 is 1.94 bits per heavy atom. The van der Waals surface area contributed by atoms with Crippen LogP contribution < -0.4 is 10.2 Å². The topological polar surface area (TPSA) is 32.3 Å². The molecule has 1 aromatic rings. The molecule has 1 aromatic carbocycles. The third kappa shape index (κ3) is 2.43. The molecule has 1 amide bonds. The highest BCUT2D eigenvalue weighted by molar-refractivity contribution is 5.98. The Morgan fingerprint density at radius 3 is 2.65 bits per heavy atom. The van der Waals surface area contributed by atoms with Crippen LogP contribution >= 0.6 is 0 Å². The third-order valence-corrected chi connectivity index (χ3v) is 2.95. The van der Waals surface area contributed by atoms with E-state index >= 15 is 0 Å². The molecule has 0 spiro atoms. The normalized spacial score (nSPS) is 16.9. The van der Waals surface area contributed by atoms with Crippen LogP contribution in [-0.4, -0.2) is 18.0 Å². The number of amides is 1. The van der Waals surface area contributed by atoms with Gasteiger partial charge in [-0.3, -0.25) is 4.79 Å². The smallest absolute Gasteiger partial charge is 0.227 e. The van der Waals surface area contributed by atoms with Crippen molar-refractivity contribution < 1.29 is 4.79 Å². The SMILES string of the molecule is CC(C)(C)N1C(=O)CCCNc2ccccc21. The lowest BCUT2D eigenvalue weighted by atomic mass is 10.0. The number of rotatable bonds is 0. The van der Waals surface area contributed by atoms with Gasteiger partial charge in [-0.15, -0.1) is 0 Å². The molecule has 1 aliphatic rings. The average molecular weight is 232 g/mol. The van der Waals surface area contributed by atoms with E-state index in [0.29, 0.717) is 6.42 Å². The average Bonchev–Trinajstić information content (AvgIpc) is 2.21. The van der Waals surface area contributed by atoms with Crippen LogP contribution in [0.2, 0.25) is 0 Å². The molecule has 0 aromatic heterocycles. The summed E-state index contributed by atoms with van der Waals surface area (Å²) in [5, 5.41) is 3.39. The molecule has 2 rings (SSSR count). The summed E-state index contributed by atoms with van der Waals surface area (Å²) in [6.45, 7) is 7.08. The van der Waals surface area contributed by atoms with E-state index in [1.807, 2.05) is 29.2 Å². The van der Waals surface area contributed by atoms with Gasteiger partial charge in [-0.25, -0.2) is 0 Å². The highest BCUT2D eigenvalue weighted by Crippen LogP contribution is 2.33. The minimum Gasteiger partial charge on any atom is -0.383 e. The number of benzene rings is 1. The zero-order valence-corrected chi connectivity index (χ0v) is 10.8. The molecule has 1 heterocycles. The second kappa shape index (κ2) is 4.40. The van der Waals surface area contributed by atoms with Crippen molar-refractivity contribution in [2.45, 2.75) is 39.2 Å². The first-order valence-electron chi connectivity index (χ1n) is 6.16. The summed E-state index contributed by atoms with van der Waals surface area (Å²) in [6, 6.07) is 8.02. The summed E-state index contributed by atoms with van der Waals surface area (Å²) >= 11 is 0. The molecule has 0 radical (unpaired) electrons. The minimum atomic E-state index is -0.188. The van der Waals surface area contributed by atoms with Crippen LogP contribution in [0.25, 0.3) is 0 Å². The van der Waals surface area contributed by atoms with Crippen molar-refractivity contribution >= 4 is 17.3 Å². The molecule has 0 unspecified atom stereocenters. The first-order valence-corrected chi connectivity index (χ1v) is 6.16. The number of carbonyl (C=O) groups excluding carboxylic acids is 1. The van der Waals surface area contributed by atoms with E-state index in [4.69, 9.17) is 0 Å². The van der Waals surface area contributed by atoms with Gasteiger partial charge < -0.3 is 10.2 Å². The molecule has 1 N–H and O–H groups in total. The zero-order valence-electron chi connectivity index (χ0n) is 10.8. The summed E-state index contributed by atoms with van der Waals surface area (Å²) in [6.07, 6.45) is 1.50. The Labute approximate surface area is 103 Å². The van der Waals surface area contributed by atoms with Gasteiger partial charge in [0.1, 0.15) is 0 Å². The summed E-state index contributed by atoms with van der Waals surface area (Å²) in [5.41, 5.74) is 1.85. The quantitative estimate of drug-likeness (QED) is 0.745. The van der Waals surface area contributed by atoms with Gasteiger partial charge in [0, 0.05) is 18.5 Å². The largest absolute Gasteiger partial charge is 0.383 e. The lowest BCUT2D eigenvalue weighted by molar-refractivity contribution is -0.119. The Hall–Kier alpha value is -1.51. The standard InChI is InChI=1S/C14H20N2O/c1-14(2,3)16-12-8-5-4-7-11(12)15-10-6-9-13(16)17/h4-5,7-8,15H,6,9-10H2,1-3H3. The highest BCUT2D eigenvalue weighted by atomic mass is 16.2. The molecule has 3 heteroatoms. The van der Waals surface area contributed by atoms with Crippen LogP contribution in [0.1, 0.15) is 33.6 Å². The van der Waals surface area contributed by atoms with E-state index in [0.717, 1.165) is 24.3 Å². The number of carbonyl (C=O) groups is 1. The Bertz CT molecular complexity index is 420. The van der Waals surface area contributed by atoms with E-state index in [9.17, 15) is 4.79 Å². The second-order valence-corrected chi connectivity index (χ2v) is 5.45. The van der Waals surface area contributed by atoms with E-state index < -0.39 is 0 Å². The molecular weight excluding hydrogens is 212 g/mol. The summed E-state index contributed by atoms with van der Waals surface area (Å²) in [7, 11) is 0. The lowest BCUT2D eigenvalue weighted by Crippen LogP contribution is -2.47. The van der Waals surface area contributed by atoms with Crippen molar-refractivity contribution in [2.75, 3.05) is 16.8 Å². The molecule has 0 fully saturated rings. The van der Waals surface area contributed by atoms with Crippen LogP contribution in [0.5, 0.6) is 0 Å². The van der Waals surface area contributed by atoms with Gasteiger partial charge in [0.05, 0.1) is 11.4 Å². The fourth-order valence-electron chi connectivity index (χ4n) is 2.26. The fourth-order valence-corrected chi connectivity index (χ4v) is 2.26. The van der Waals surface area contributed by atoms with Gasteiger partial charge in [-0.1, -0.05) is 12.1 Å². The van der Waals surface area contributed by atoms with Crippen LogP contribution in [-0.2, 0) is 4.79 Å². The summed E-state index contributed by atoms with van der Waals surface area (Å²) in [4.78, 5) is 14.2. The predicted octanol–water partition coefficient (Wildman–Crippen LogP) is 3.02. The van der Waals surface area contributed by atoms with Gasteiger partial charge in [-0.2, -0.15) is 0 Å². The third-order valence-electron chi connectivity index (χ3n) is 2.95. The zero-order chi connectivity index (χ0) is 12.5. The van der Waals surface area contributed by atoms with Crippen molar-refractivity contribution in [1.29, 1.82) is 0 Å². The monoisotopic (exact) mass is 232 g/mol. The number of anilines is 2. The van der Waals surface area contributed by atoms with Gasteiger partial charge >= 0.3 is 0 Å². The summed E-state index contributed by atoms with van der Waals surface area (Å²) in [5.74, 6) is 0.214. The molecule has 3 nitrogen and oxygen atoms in total. The molecule has 0 saturated carbocycles. The Balaban J connectivity index is 2.50. The van der Waals surface area contributed by atoms with Crippen LogP contribution in [0.4, 0.5) is 11.4 Å². The number of nitrogens with zero attached hydrogens (tertiary/aromatic N) is 1. The predicted molar refractivity (Wildman–Crippen MR) is 71.4 cm³/mol. The highest BCUT2D eigenvalue weighted by Gasteiger charge is 2.30. The number of hydrogen-bond donors (Lipinski definition) is 1. The minimum absolute atomic E-state index is 0.188. The molecular formula is C14H20N2O. The second-order valence-electron chi connectivity index (χ2n) is 5.45. The van der Waals surface area contributed by atoms with Gasteiger partial charge in [-0.05, 0) is 39.3 Å². The van der Waals surface area contributed by atoms with Crippen LogP contribution in [0, 0.1) is 0 Å². The first-order chi connectivity index (χ1) is 8.00. The van der Waals surface area contributed by atoms with Crippen molar-refractivity contribution in [3.63, 3.8) is 0 Å². The lowest BCUT2D eigenvalue weighted by Gasteiger charge is -2.38. The van der Waals surface area contributed by atoms with E-state index in [2.05, 4.69) is 26.1 Å². The fraction of sp³-hybridized carbons (Fsp3) is 0.500. The summed E-state index contributed by atoms with van der Waals surface area (Å²) < 4.78 is 0. The molecule has 92 valence electrons. The number of fused-ring (bicyclic) bond motifs is 1. The maximum absolute atomic E-state index is 12.3. The molecule has 0 saturated heterocycles. The van der Waals surface area contributed by atoms with E-state index in [1.54, 1.807) is 0 Å². The van der Waals surface area contributed by atoms with E-state index in [1.165, 1.54) is 0 Å². The van der Waals surface area contributed by atoms with Crippen molar-refractivity contribution in [3.05, 3.63) is 24.3 Å². The van der Waals surface area contributed by atoms with Crippen LogP contribution in [0.3, 0.4) is 0 Å². The van der Waals surface area contributed by atoms with Gasteiger partial charge in [0.25, 0.3) is 0 Å². The molecule has 0 aliphatic carbocycles. The number of nitrogens with one attached hydrogen (secondary N) is 1. The van der Waals surface area contributed by atoms with Crippen molar-refractivity contribution in [3.8, 4) is 0 Å². The van der Waals surface area contributed by atoms with E-state index in [-0.39, 0.29) is 11.4 Å². The Morgan fingerprint density at radius 1 is 1.24 bits per heavy atom. The maximum Gasteiger partial charge on any atom is 0.227 e.